The van der Waals surface area contributed by atoms with Crippen molar-refractivity contribution in [2.24, 2.45) is 5.73 Å². The Labute approximate surface area is 128 Å². The fourth-order valence-corrected chi connectivity index (χ4v) is 1.34. The molecule has 1 aromatic carbocycles. The molecule has 23 heavy (non-hydrogen) atoms. The van der Waals surface area contributed by atoms with Crippen molar-refractivity contribution < 1.29 is 32.7 Å². The average Bonchev–Trinajstić information content (AvgIpc) is 2.44. The summed E-state index contributed by atoms with van der Waals surface area (Å²) in [6, 6.07) is 4.61. The van der Waals surface area contributed by atoms with Gasteiger partial charge in [-0.25, -0.2) is 0 Å². The first kappa shape index (κ1) is 18.4. The summed E-state index contributed by atoms with van der Waals surface area (Å²) < 4.78 is 44.7. The predicted octanol–water partition coefficient (Wildman–Crippen LogP) is 0.949. The maximum atomic E-state index is 12.0. The molecule has 0 bridgehead atoms. The van der Waals surface area contributed by atoms with Crippen molar-refractivity contribution in [2.75, 3.05) is 13.2 Å². The maximum Gasteiger partial charge on any atom is 0.573 e. The molecule has 11 heteroatoms. The molecule has 0 aliphatic heterocycles. The number of nitrogens with one attached hydrogen (secondary N) is 1. The van der Waals surface area contributed by atoms with Crippen LogP contribution in [0.1, 0.15) is 0 Å². The van der Waals surface area contributed by atoms with Gasteiger partial charge in [-0.1, -0.05) is 0 Å². The summed E-state index contributed by atoms with van der Waals surface area (Å²) in [4.78, 5) is 9.40. The highest BCUT2D eigenvalue weighted by atomic mass is 19.4. The largest absolute Gasteiger partial charge is 0.573 e. The van der Waals surface area contributed by atoms with Crippen LogP contribution in [-0.4, -0.2) is 35.6 Å². The van der Waals surface area contributed by atoms with E-state index in [2.05, 4.69) is 10.1 Å². The van der Waals surface area contributed by atoms with E-state index in [4.69, 9.17) is 10.5 Å². The smallest absolute Gasteiger partial charge is 0.491 e. The number of hydrogen-bond donors (Lipinski definition) is 3. The van der Waals surface area contributed by atoms with Gasteiger partial charge in [0.25, 0.3) is 0 Å². The molecule has 1 rings (SSSR count). The van der Waals surface area contributed by atoms with Crippen LogP contribution in [-0.2, 0) is 0 Å². The zero-order valence-corrected chi connectivity index (χ0v) is 11.6. The van der Waals surface area contributed by atoms with Crippen molar-refractivity contribution in [3.8, 4) is 11.5 Å². The summed E-state index contributed by atoms with van der Waals surface area (Å²) in [5.41, 5.74) is 5.02. The molecule has 0 amide bonds. The number of nitro groups is 1. The number of benzene rings is 1. The SMILES string of the molecule is N/C(=C\NCC(O)COc1ccc(OC(F)(F)F)cc1)[N+](=O)[O-]. The van der Waals surface area contributed by atoms with Crippen LogP contribution in [0.5, 0.6) is 11.5 Å². The fourth-order valence-electron chi connectivity index (χ4n) is 1.34. The first-order chi connectivity index (χ1) is 10.7. The van der Waals surface area contributed by atoms with E-state index in [0.717, 1.165) is 18.3 Å². The van der Waals surface area contributed by atoms with Gasteiger partial charge in [0, 0.05) is 6.54 Å². The molecule has 0 fully saturated rings. The van der Waals surface area contributed by atoms with Crippen LogP contribution in [0.2, 0.25) is 0 Å². The van der Waals surface area contributed by atoms with E-state index in [1.54, 1.807) is 0 Å². The third-order valence-electron chi connectivity index (χ3n) is 2.31. The lowest BCUT2D eigenvalue weighted by molar-refractivity contribution is -0.427. The van der Waals surface area contributed by atoms with E-state index in [1.165, 1.54) is 12.1 Å². The van der Waals surface area contributed by atoms with E-state index < -0.39 is 29.0 Å². The quantitative estimate of drug-likeness (QED) is 0.477. The normalized spacial score (nSPS) is 13.3. The molecule has 4 N–H and O–H groups in total. The minimum Gasteiger partial charge on any atom is -0.491 e. The molecule has 0 saturated carbocycles. The number of aliphatic hydroxyl groups excluding tert-OH is 1. The second kappa shape index (κ2) is 8.08. The predicted molar refractivity (Wildman–Crippen MR) is 71.9 cm³/mol. The number of halogens is 3. The zero-order chi connectivity index (χ0) is 17.5. The Hall–Kier alpha value is -2.69. The number of nitrogens with two attached hydrogens (primary N) is 1. The monoisotopic (exact) mass is 337 g/mol. The van der Waals surface area contributed by atoms with Crippen LogP contribution in [0.15, 0.2) is 36.3 Å². The van der Waals surface area contributed by atoms with Crippen molar-refractivity contribution in [1.82, 2.24) is 5.32 Å². The fraction of sp³-hybridized carbons (Fsp3) is 0.333. The third kappa shape index (κ3) is 7.76. The molecule has 0 radical (unpaired) electrons. The molecule has 0 aliphatic carbocycles. The van der Waals surface area contributed by atoms with Gasteiger partial charge in [0.15, 0.2) is 0 Å². The summed E-state index contributed by atoms with van der Waals surface area (Å²) in [5.74, 6) is -0.787. The second-order valence-electron chi connectivity index (χ2n) is 4.22. The lowest BCUT2D eigenvalue weighted by Gasteiger charge is -2.13. The molecule has 0 aromatic heterocycles. The summed E-state index contributed by atoms with van der Waals surface area (Å²) in [7, 11) is 0. The standard InChI is InChI=1S/C12H14F3N3O5/c13-12(14,15)23-10-3-1-9(2-4-10)22-7-8(19)5-17-6-11(16)18(20)21/h1-4,6,8,17,19H,5,7,16H2/b11-6+. The molecule has 0 heterocycles. The molecule has 1 aromatic rings. The van der Waals surface area contributed by atoms with Crippen LogP contribution in [0.3, 0.4) is 0 Å². The van der Waals surface area contributed by atoms with Crippen LogP contribution in [0.25, 0.3) is 0 Å². The summed E-state index contributed by atoms with van der Waals surface area (Å²) in [6.45, 7) is -0.248. The lowest BCUT2D eigenvalue weighted by Crippen LogP contribution is -2.29. The number of nitrogens with zero attached hydrogens (tertiary/aromatic N) is 1. The topological polar surface area (TPSA) is 120 Å². The number of aliphatic hydroxyl groups is 1. The van der Waals surface area contributed by atoms with Crippen molar-refractivity contribution >= 4 is 0 Å². The van der Waals surface area contributed by atoms with Crippen molar-refractivity contribution in [3.05, 3.63) is 46.4 Å². The van der Waals surface area contributed by atoms with Crippen LogP contribution < -0.4 is 20.5 Å². The highest BCUT2D eigenvalue weighted by Crippen LogP contribution is 2.24. The highest BCUT2D eigenvalue weighted by molar-refractivity contribution is 5.31. The van der Waals surface area contributed by atoms with Gasteiger partial charge in [0.05, 0.1) is 6.20 Å². The minimum absolute atomic E-state index is 0.0657. The Kier molecular flexibility index (Phi) is 6.45. The first-order valence-corrected chi connectivity index (χ1v) is 6.17. The van der Waals surface area contributed by atoms with Crippen LogP contribution in [0, 0.1) is 10.1 Å². The molecular formula is C12H14F3N3O5. The van der Waals surface area contributed by atoms with Gasteiger partial charge in [-0.2, -0.15) is 0 Å². The Bertz CT molecular complexity index is 548. The van der Waals surface area contributed by atoms with E-state index in [0.29, 0.717) is 0 Å². The van der Waals surface area contributed by atoms with E-state index >= 15 is 0 Å². The molecule has 1 unspecified atom stereocenters. The molecular weight excluding hydrogens is 323 g/mol. The second-order valence-corrected chi connectivity index (χ2v) is 4.22. The molecule has 8 nitrogen and oxygen atoms in total. The molecule has 0 spiro atoms. The summed E-state index contributed by atoms with van der Waals surface area (Å²) in [6.07, 6.45) is -4.87. The molecule has 128 valence electrons. The van der Waals surface area contributed by atoms with Gasteiger partial charge in [0.2, 0.25) is 0 Å². The average molecular weight is 337 g/mol. The third-order valence-corrected chi connectivity index (χ3v) is 2.31. The highest BCUT2D eigenvalue weighted by Gasteiger charge is 2.30. The van der Waals surface area contributed by atoms with Crippen molar-refractivity contribution in [1.29, 1.82) is 0 Å². The molecule has 1 atom stereocenters. The number of hydrogen-bond acceptors (Lipinski definition) is 7. The molecule has 0 saturated heterocycles. The number of rotatable bonds is 8. The van der Waals surface area contributed by atoms with Gasteiger partial charge in [-0.05, 0) is 29.2 Å². The Morgan fingerprint density at radius 1 is 1.39 bits per heavy atom. The maximum absolute atomic E-state index is 12.0. The van der Waals surface area contributed by atoms with Crippen LogP contribution >= 0.6 is 0 Å². The van der Waals surface area contributed by atoms with E-state index in [-0.39, 0.29) is 18.9 Å². The lowest BCUT2D eigenvalue weighted by atomic mass is 10.3. The summed E-state index contributed by atoms with van der Waals surface area (Å²) >= 11 is 0. The van der Waals surface area contributed by atoms with E-state index in [1.807, 2.05) is 0 Å². The van der Waals surface area contributed by atoms with Gasteiger partial charge in [-0.3, -0.25) is 5.73 Å². The first-order valence-electron chi connectivity index (χ1n) is 6.17. The van der Waals surface area contributed by atoms with Crippen LogP contribution in [0.4, 0.5) is 13.2 Å². The van der Waals surface area contributed by atoms with Gasteiger partial charge >= 0.3 is 12.2 Å². The van der Waals surface area contributed by atoms with Gasteiger partial charge < -0.3 is 30.0 Å². The summed E-state index contributed by atoms with van der Waals surface area (Å²) in [5, 5.41) is 22.2. The van der Waals surface area contributed by atoms with Crippen molar-refractivity contribution in [2.45, 2.75) is 12.5 Å². The Morgan fingerprint density at radius 3 is 2.48 bits per heavy atom. The van der Waals surface area contributed by atoms with Gasteiger partial charge in [0.1, 0.15) is 24.2 Å². The van der Waals surface area contributed by atoms with Crippen molar-refractivity contribution in [3.63, 3.8) is 0 Å². The van der Waals surface area contributed by atoms with E-state index in [9.17, 15) is 28.4 Å². The molecule has 0 aliphatic rings. The minimum atomic E-state index is -4.77. The number of alkyl halides is 3. The Balaban J connectivity index is 2.37. The number of ether oxygens (including phenoxy) is 2. The van der Waals surface area contributed by atoms with Gasteiger partial charge in [-0.15, -0.1) is 13.2 Å². The zero-order valence-electron chi connectivity index (χ0n) is 11.6. The Morgan fingerprint density at radius 2 is 1.96 bits per heavy atom.